The Kier molecular flexibility index (Phi) is 3.78. The number of nitrogens with one attached hydrogen (secondary N) is 1. The van der Waals surface area contributed by atoms with Crippen molar-refractivity contribution in [2.45, 2.75) is 6.42 Å². The summed E-state index contributed by atoms with van der Waals surface area (Å²) in [5.74, 6) is 1.04. The van der Waals surface area contributed by atoms with E-state index in [0.29, 0.717) is 24.2 Å². The van der Waals surface area contributed by atoms with Crippen LogP contribution in [0.25, 0.3) is 0 Å². The average Bonchev–Trinajstić information content (AvgIpc) is 3.00. The van der Waals surface area contributed by atoms with Gasteiger partial charge in [-0.1, -0.05) is 17.3 Å². The summed E-state index contributed by atoms with van der Waals surface area (Å²) in [6.45, 7) is 0.762. The molecule has 18 heavy (non-hydrogen) atoms. The molecule has 2 unspecified atom stereocenters. The van der Waals surface area contributed by atoms with Gasteiger partial charge in [-0.3, -0.25) is 0 Å². The number of allylic oxidation sites excluding steroid dienone is 1. The lowest BCUT2D eigenvalue weighted by Gasteiger charge is -1.98. The van der Waals surface area contributed by atoms with Crippen molar-refractivity contribution >= 4 is 11.7 Å². The Labute approximate surface area is 103 Å². The maximum atomic E-state index is 8.88. The highest BCUT2D eigenvalue weighted by Gasteiger charge is 2.33. The quantitative estimate of drug-likeness (QED) is 0.181. The maximum absolute atomic E-state index is 8.88. The zero-order chi connectivity index (χ0) is 13.0. The molecule has 0 spiro atoms. The molecule has 8 nitrogen and oxygen atoms in total. The molecule has 0 saturated heterocycles. The van der Waals surface area contributed by atoms with Crippen LogP contribution in [0.15, 0.2) is 21.9 Å². The number of hydrogen-bond donors (Lipinski definition) is 4. The van der Waals surface area contributed by atoms with E-state index >= 15 is 0 Å². The number of aliphatic hydroxyl groups is 1. The molecule has 0 bridgehead atoms. The third kappa shape index (κ3) is 2.77. The minimum Gasteiger partial charge on any atom is -0.409 e. The molecule has 0 aromatic carbocycles. The second-order valence-corrected chi connectivity index (χ2v) is 4.10. The molecule has 1 saturated carbocycles. The summed E-state index contributed by atoms with van der Waals surface area (Å²) in [5.41, 5.74) is 5.56. The van der Waals surface area contributed by atoms with Gasteiger partial charge in [-0.25, -0.2) is 4.63 Å². The normalized spacial score (nSPS) is 23.5. The van der Waals surface area contributed by atoms with Crippen LogP contribution in [0.4, 0.5) is 5.82 Å². The van der Waals surface area contributed by atoms with E-state index in [-0.39, 0.29) is 18.1 Å². The Morgan fingerprint density at radius 3 is 3.11 bits per heavy atom. The number of rotatable bonds is 6. The molecule has 1 aliphatic carbocycles. The van der Waals surface area contributed by atoms with Crippen LogP contribution in [0.1, 0.15) is 12.1 Å². The van der Waals surface area contributed by atoms with Gasteiger partial charge < -0.3 is 21.4 Å². The summed E-state index contributed by atoms with van der Waals surface area (Å²) in [5, 5.41) is 30.3. The second kappa shape index (κ2) is 5.50. The third-order valence-electron chi connectivity index (χ3n) is 2.82. The van der Waals surface area contributed by atoms with Gasteiger partial charge in [0.15, 0.2) is 11.5 Å². The fourth-order valence-corrected chi connectivity index (χ4v) is 1.64. The number of anilines is 1. The lowest BCUT2D eigenvalue weighted by atomic mass is 10.3. The Morgan fingerprint density at radius 2 is 2.44 bits per heavy atom. The van der Waals surface area contributed by atoms with Crippen LogP contribution in [-0.2, 0) is 0 Å². The first-order valence-corrected chi connectivity index (χ1v) is 5.58. The highest BCUT2D eigenvalue weighted by Crippen LogP contribution is 2.38. The van der Waals surface area contributed by atoms with Crippen molar-refractivity contribution in [2.75, 3.05) is 18.5 Å². The molecule has 1 aliphatic rings. The number of hydrogen-bond acceptors (Lipinski definition) is 7. The van der Waals surface area contributed by atoms with Gasteiger partial charge in [0.05, 0.1) is 0 Å². The molecule has 0 amide bonds. The number of aliphatic hydroxyl groups excluding tert-OH is 1. The van der Waals surface area contributed by atoms with E-state index in [9.17, 15) is 0 Å². The lowest BCUT2D eigenvalue weighted by molar-refractivity contribution is 0.272. The van der Waals surface area contributed by atoms with Crippen LogP contribution in [-0.4, -0.2) is 39.6 Å². The predicted octanol–water partition coefficient (Wildman–Crippen LogP) is -0.239. The highest BCUT2D eigenvalue weighted by atomic mass is 16.6. The van der Waals surface area contributed by atoms with Gasteiger partial charge in [0, 0.05) is 13.2 Å². The SMILES string of the molecule is NC(=NO)c1nonc1NCC=CC1CC1CO. The van der Waals surface area contributed by atoms with E-state index in [2.05, 4.69) is 25.4 Å². The first-order valence-electron chi connectivity index (χ1n) is 5.58. The molecule has 1 aromatic heterocycles. The molecule has 5 N–H and O–H groups in total. The van der Waals surface area contributed by atoms with Crippen LogP contribution >= 0.6 is 0 Å². The summed E-state index contributed by atoms with van der Waals surface area (Å²) in [4.78, 5) is 0. The zero-order valence-electron chi connectivity index (χ0n) is 9.65. The van der Waals surface area contributed by atoms with E-state index < -0.39 is 0 Å². The summed E-state index contributed by atoms with van der Waals surface area (Å²) in [7, 11) is 0. The van der Waals surface area contributed by atoms with Gasteiger partial charge in [-0.15, -0.1) is 0 Å². The maximum Gasteiger partial charge on any atom is 0.202 e. The molecule has 98 valence electrons. The monoisotopic (exact) mass is 253 g/mol. The minimum absolute atomic E-state index is 0.162. The number of nitrogens with two attached hydrogens (primary N) is 1. The van der Waals surface area contributed by atoms with Gasteiger partial charge in [-0.2, -0.15) is 0 Å². The van der Waals surface area contributed by atoms with Crippen LogP contribution in [0.2, 0.25) is 0 Å². The topological polar surface area (TPSA) is 130 Å². The van der Waals surface area contributed by atoms with Gasteiger partial charge in [-0.05, 0) is 28.6 Å². The summed E-state index contributed by atoms with van der Waals surface area (Å²) in [6, 6.07) is 0. The summed E-state index contributed by atoms with van der Waals surface area (Å²) >= 11 is 0. The molecule has 2 rings (SSSR count). The Bertz CT molecular complexity index is 456. The van der Waals surface area contributed by atoms with Crippen molar-refractivity contribution in [2.24, 2.45) is 22.7 Å². The van der Waals surface area contributed by atoms with Crippen LogP contribution in [0.5, 0.6) is 0 Å². The van der Waals surface area contributed by atoms with E-state index in [1.165, 1.54) is 0 Å². The summed E-state index contributed by atoms with van der Waals surface area (Å²) < 4.78 is 4.50. The van der Waals surface area contributed by atoms with Gasteiger partial charge in [0.25, 0.3) is 0 Å². The first-order chi connectivity index (χ1) is 8.76. The fourth-order valence-electron chi connectivity index (χ4n) is 1.64. The van der Waals surface area contributed by atoms with Gasteiger partial charge >= 0.3 is 0 Å². The highest BCUT2D eigenvalue weighted by molar-refractivity contribution is 5.99. The van der Waals surface area contributed by atoms with Crippen LogP contribution in [0.3, 0.4) is 0 Å². The van der Waals surface area contributed by atoms with Crippen LogP contribution in [0, 0.1) is 11.8 Å². The third-order valence-corrected chi connectivity index (χ3v) is 2.82. The lowest BCUT2D eigenvalue weighted by Crippen LogP contribution is -2.16. The van der Waals surface area contributed by atoms with Crippen molar-refractivity contribution in [3.63, 3.8) is 0 Å². The average molecular weight is 253 g/mol. The van der Waals surface area contributed by atoms with Crippen molar-refractivity contribution in [3.8, 4) is 0 Å². The standard InChI is InChI=1S/C10H15N5O3/c11-9(13-17)8-10(15-18-14-8)12-3-1-2-6-4-7(6)5-16/h1-2,6-7,16-17H,3-5H2,(H2,11,13)(H,12,15). The number of aromatic nitrogens is 2. The predicted molar refractivity (Wildman–Crippen MR) is 63.1 cm³/mol. The molecule has 0 aliphatic heterocycles. The Morgan fingerprint density at radius 1 is 1.61 bits per heavy atom. The van der Waals surface area contributed by atoms with Crippen molar-refractivity contribution in [1.29, 1.82) is 0 Å². The minimum atomic E-state index is -0.162. The molecular weight excluding hydrogens is 238 g/mol. The van der Waals surface area contributed by atoms with Crippen molar-refractivity contribution in [3.05, 3.63) is 17.8 Å². The van der Waals surface area contributed by atoms with E-state index in [0.717, 1.165) is 6.42 Å². The molecule has 8 heteroatoms. The van der Waals surface area contributed by atoms with Gasteiger partial charge in [0.1, 0.15) is 0 Å². The largest absolute Gasteiger partial charge is 0.409 e. The van der Waals surface area contributed by atoms with E-state index in [1.807, 2.05) is 12.2 Å². The molecule has 2 atom stereocenters. The molecule has 1 fully saturated rings. The number of nitrogens with zero attached hydrogens (tertiary/aromatic N) is 3. The Balaban J connectivity index is 1.82. The van der Waals surface area contributed by atoms with Crippen molar-refractivity contribution in [1.82, 2.24) is 10.3 Å². The Hall–Kier alpha value is -2.09. The van der Waals surface area contributed by atoms with E-state index in [1.54, 1.807) is 0 Å². The first kappa shape index (κ1) is 12.4. The second-order valence-electron chi connectivity index (χ2n) is 4.10. The molecule has 1 heterocycles. The zero-order valence-corrected chi connectivity index (χ0v) is 9.65. The smallest absolute Gasteiger partial charge is 0.202 e. The number of amidine groups is 1. The van der Waals surface area contributed by atoms with E-state index in [4.69, 9.17) is 16.0 Å². The number of oxime groups is 1. The van der Waals surface area contributed by atoms with Crippen LogP contribution < -0.4 is 11.1 Å². The fraction of sp³-hybridized carbons (Fsp3) is 0.500. The van der Waals surface area contributed by atoms with Gasteiger partial charge in [0.2, 0.25) is 5.82 Å². The van der Waals surface area contributed by atoms with Crippen molar-refractivity contribution < 1.29 is 14.9 Å². The molecule has 1 aromatic rings. The molecule has 0 radical (unpaired) electrons. The summed E-state index contributed by atoms with van der Waals surface area (Å²) in [6.07, 6.45) is 5.02. The molecular formula is C10H15N5O3.